The van der Waals surface area contributed by atoms with Crippen LogP contribution >= 0.6 is 0 Å². The van der Waals surface area contributed by atoms with Crippen LogP contribution in [0.15, 0.2) is 71.8 Å². The summed E-state index contributed by atoms with van der Waals surface area (Å²) in [6.45, 7) is 2.03. The molecule has 0 radical (unpaired) electrons. The number of nitro benzene ring substituents is 2. The van der Waals surface area contributed by atoms with Crippen molar-refractivity contribution >= 4 is 23.5 Å². The number of carbonyl (C=O) groups excluding carboxylic acids is 1. The molecule has 11 nitrogen and oxygen atoms in total. The lowest BCUT2D eigenvalue weighted by Gasteiger charge is -2.12. The second-order valence-electron chi connectivity index (χ2n) is 6.47. The van der Waals surface area contributed by atoms with Gasteiger partial charge in [-0.15, -0.1) is 0 Å². The standard InChI is InChI=1S/C22H18N4O7/c1-2-32-21-12-15(14-23-24-22(27)16-6-4-3-5-7-16)8-10-20(21)33-19-11-9-17(25(28)29)13-18(19)26(30)31/h3-14H,2H2,1H3,(H,24,27). The average Bonchev–Trinajstić information content (AvgIpc) is 2.81. The molecule has 168 valence electrons. The molecule has 3 aromatic rings. The summed E-state index contributed by atoms with van der Waals surface area (Å²) in [5, 5.41) is 26.2. The summed E-state index contributed by atoms with van der Waals surface area (Å²) in [4.78, 5) is 32.8. The first-order chi connectivity index (χ1) is 15.9. The van der Waals surface area contributed by atoms with Crippen molar-refractivity contribution < 1.29 is 24.1 Å². The summed E-state index contributed by atoms with van der Waals surface area (Å²) in [6, 6.07) is 16.4. The fourth-order valence-corrected chi connectivity index (χ4v) is 2.74. The van der Waals surface area contributed by atoms with Crippen molar-refractivity contribution in [1.29, 1.82) is 0 Å². The van der Waals surface area contributed by atoms with E-state index in [2.05, 4.69) is 10.5 Å². The lowest BCUT2D eigenvalue weighted by Crippen LogP contribution is -2.17. The summed E-state index contributed by atoms with van der Waals surface area (Å²) < 4.78 is 11.2. The highest BCUT2D eigenvalue weighted by Crippen LogP contribution is 2.38. The van der Waals surface area contributed by atoms with Crippen LogP contribution in [-0.2, 0) is 0 Å². The molecule has 1 amide bonds. The topological polar surface area (TPSA) is 146 Å². The average molecular weight is 450 g/mol. The molecule has 0 saturated carbocycles. The third kappa shape index (κ3) is 5.88. The van der Waals surface area contributed by atoms with E-state index in [1.807, 2.05) is 0 Å². The van der Waals surface area contributed by atoms with Gasteiger partial charge in [-0.2, -0.15) is 5.10 Å². The van der Waals surface area contributed by atoms with Crippen LogP contribution in [0.2, 0.25) is 0 Å². The molecule has 33 heavy (non-hydrogen) atoms. The van der Waals surface area contributed by atoms with Gasteiger partial charge in [-0.1, -0.05) is 18.2 Å². The van der Waals surface area contributed by atoms with E-state index < -0.39 is 21.2 Å². The quantitative estimate of drug-likeness (QED) is 0.288. The number of benzene rings is 3. The van der Waals surface area contributed by atoms with Crippen LogP contribution in [0.4, 0.5) is 11.4 Å². The molecule has 11 heteroatoms. The van der Waals surface area contributed by atoms with Crippen molar-refractivity contribution in [3.8, 4) is 17.2 Å². The Labute approximate surface area is 187 Å². The zero-order valence-electron chi connectivity index (χ0n) is 17.3. The summed E-state index contributed by atoms with van der Waals surface area (Å²) in [7, 11) is 0. The maximum Gasteiger partial charge on any atom is 0.318 e. The fraction of sp³-hybridized carbons (Fsp3) is 0.0909. The van der Waals surface area contributed by atoms with Gasteiger partial charge in [-0.25, -0.2) is 5.43 Å². The summed E-state index contributed by atoms with van der Waals surface area (Å²) in [5.41, 5.74) is 2.46. The Bertz CT molecular complexity index is 1210. The number of nitrogens with one attached hydrogen (secondary N) is 1. The highest BCUT2D eigenvalue weighted by atomic mass is 16.6. The molecule has 0 aliphatic carbocycles. The van der Waals surface area contributed by atoms with Gasteiger partial charge in [-0.3, -0.25) is 25.0 Å². The molecule has 0 aromatic heterocycles. The van der Waals surface area contributed by atoms with Crippen LogP contribution < -0.4 is 14.9 Å². The van der Waals surface area contributed by atoms with Crippen molar-refractivity contribution in [3.05, 3.63) is 98.1 Å². The maximum atomic E-state index is 12.0. The second-order valence-corrected chi connectivity index (χ2v) is 6.47. The van der Waals surface area contributed by atoms with Crippen LogP contribution in [0.5, 0.6) is 17.2 Å². The van der Waals surface area contributed by atoms with Crippen molar-refractivity contribution in [3.63, 3.8) is 0 Å². The summed E-state index contributed by atoms with van der Waals surface area (Å²) >= 11 is 0. The smallest absolute Gasteiger partial charge is 0.318 e. The molecule has 0 fully saturated rings. The third-order valence-electron chi connectivity index (χ3n) is 4.25. The lowest BCUT2D eigenvalue weighted by molar-refractivity contribution is -0.394. The molecular formula is C22H18N4O7. The number of nitrogens with zero attached hydrogens (tertiary/aromatic N) is 3. The minimum Gasteiger partial charge on any atom is -0.490 e. The predicted octanol–water partition coefficient (Wildman–Crippen LogP) is 4.46. The fourth-order valence-electron chi connectivity index (χ4n) is 2.74. The Morgan fingerprint density at radius 1 is 0.970 bits per heavy atom. The van der Waals surface area contributed by atoms with Crippen molar-refractivity contribution in [2.24, 2.45) is 5.10 Å². The highest BCUT2D eigenvalue weighted by Gasteiger charge is 2.22. The number of ether oxygens (including phenoxy) is 2. The van der Waals surface area contributed by atoms with Crippen molar-refractivity contribution in [2.75, 3.05) is 6.61 Å². The normalized spacial score (nSPS) is 10.6. The van der Waals surface area contributed by atoms with Gasteiger partial charge in [0, 0.05) is 11.6 Å². The minimum atomic E-state index is -0.765. The molecule has 0 aliphatic heterocycles. The zero-order chi connectivity index (χ0) is 23.8. The van der Waals surface area contributed by atoms with E-state index in [4.69, 9.17) is 9.47 Å². The first kappa shape index (κ1) is 22.9. The Hall–Kier alpha value is -4.80. The van der Waals surface area contributed by atoms with Crippen molar-refractivity contribution in [1.82, 2.24) is 5.43 Å². The molecule has 0 saturated heterocycles. The molecule has 0 heterocycles. The number of hydrogen-bond acceptors (Lipinski definition) is 8. The molecule has 0 spiro atoms. The molecule has 1 N–H and O–H groups in total. The zero-order valence-corrected chi connectivity index (χ0v) is 17.3. The van der Waals surface area contributed by atoms with Gasteiger partial charge in [0.05, 0.1) is 28.7 Å². The van der Waals surface area contributed by atoms with E-state index in [0.29, 0.717) is 11.1 Å². The van der Waals surface area contributed by atoms with Crippen LogP contribution in [0.1, 0.15) is 22.8 Å². The van der Waals surface area contributed by atoms with E-state index in [0.717, 1.165) is 18.2 Å². The van der Waals surface area contributed by atoms with E-state index in [9.17, 15) is 25.0 Å². The van der Waals surface area contributed by atoms with Gasteiger partial charge in [0.1, 0.15) is 0 Å². The molecular weight excluding hydrogens is 432 g/mol. The van der Waals surface area contributed by atoms with Gasteiger partial charge in [-0.05, 0) is 48.9 Å². The van der Waals surface area contributed by atoms with E-state index >= 15 is 0 Å². The SMILES string of the molecule is CCOc1cc(C=NNC(=O)c2ccccc2)ccc1Oc1ccc([N+](=O)[O-])cc1[N+](=O)[O-]. The number of rotatable bonds is 9. The van der Waals surface area contributed by atoms with Gasteiger partial charge < -0.3 is 9.47 Å². The highest BCUT2D eigenvalue weighted by molar-refractivity contribution is 5.94. The van der Waals surface area contributed by atoms with Crippen LogP contribution in [0.25, 0.3) is 0 Å². The first-order valence-electron chi connectivity index (χ1n) is 9.65. The Morgan fingerprint density at radius 3 is 2.36 bits per heavy atom. The Balaban J connectivity index is 1.81. The Kier molecular flexibility index (Phi) is 7.27. The maximum absolute atomic E-state index is 12.0. The molecule has 0 unspecified atom stereocenters. The summed E-state index contributed by atoms with van der Waals surface area (Å²) in [6.07, 6.45) is 1.40. The largest absolute Gasteiger partial charge is 0.490 e. The summed E-state index contributed by atoms with van der Waals surface area (Å²) in [5.74, 6) is -0.117. The van der Waals surface area contributed by atoms with Gasteiger partial charge >= 0.3 is 5.69 Å². The second kappa shape index (κ2) is 10.5. The lowest BCUT2D eigenvalue weighted by atomic mass is 10.2. The van der Waals surface area contributed by atoms with E-state index in [1.165, 1.54) is 12.3 Å². The van der Waals surface area contributed by atoms with E-state index in [-0.39, 0.29) is 29.8 Å². The third-order valence-corrected chi connectivity index (χ3v) is 4.25. The van der Waals surface area contributed by atoms with Crippen LogP contribution in [-0.4, -0.2) is 28.6 Å². The van der Waals surface area contributed by atoms with Crippen LogP contribution in [0.3, 0.4) is 0 Å². The van der Waals surface area contributed by atoms with E-state index in [1.54, 1.807) is 49.4 Å². The number of hydrazone groups is 1. The molecule has 0 aliphatic rings. The van der Waals surface area contributed by atoms with Crippen LogP contribution in [0, 0.1) is 20.2 Å². The van der Waals surface area contributed by atoms with Gasteiger partial charge in [0.2, 0.25) is 5.75 Å². The number of non-ortho nitro benzene ring substituents is 1. The predicted molar refractivity (Wildman–Crippen MR) is 119 cm³/mol. The molecule has 0 bridgehead atoms. The van der Waals surface area contributed by atoms with Gasteiger partial charge in [0.15, 0.2) is 11.5 Å². The molecule has 3 rings (SSSR count). The number of carbonyl (C=O) groups is 1. The van der Waals surface area contributed by atoms with Crippen molar-refractivity contribution in [2.45, 2.75) is 6.92 Å². The molecule has 0 atom stereocenters. The Morgan fingerprint density at radius 2 is 1.70 bits per heavy atom. The van der Waals surface area contributed by atoms with Gasteiger partial charge in [0.25, 0.3) is 11.6 Å². The number of amides is 1. The first-order valence-corrected chi connectivity index (χ1v) is 9.65. The monoisotopic (exact) mass is 450 g/mol. The number of hydrogen-bond donors (Lipinski definition) is 1. The number of nitro groups is 2. The minimum absolute atomic E-state index is 0.166. The molecule has 3 aromatic carbocycles.